The molecule has 3 aromatic carbocycles. The predicted molar refractivity (Wildman–Crippen MR) is 113 cm³/mol. The maximum atomic E-state index is 4.50. The van der Waals surface area contributed by atoms with Crippen LogP contribution in [0.5, 0.6) is 0 Å². The van der Waals surface area contributed by atoms with Crippen molar-refractivity contribution in [3.8, 4) is 0 Å². The molecule has 0 N–H and O–H groups in total. The van der Waals surface area contributed by atoms with Gasteiger partial charge in [-0.2, -0.15) is 0 Å². The van der Waals surface area contributed by atoms with Crippen molar-refractivity contribution in [2.75, 3.05) is 0 Å². The Kier molecular flexibility index (Phi) is 5.32. The van der Waals surface area contributed by atoms with E-state index in [1.807, 2.05) is 0 Å². The minimum atomic E-state index is -3.34. The second-order valence-electron chi connectivity index (χ2n) is 6.27. The average molecular weight is 443 g/mol. The fourth-order valence-corrected chi connectivity index (χ4v) is 18.9. The van der Waals surface area contributed by atoms with E-state index in [2.05, 4.69) is 112 Å². The van der Waals surface area contributed by atoms with E-state index in [4.69, 9.17) is 0 Å². The van der Waals surface area contributed by atoms with Crippen LogP contribution in [0.4, 0.5) is 0 Å². The van der Waals surface area contributed by atoms with Crippen LogP contribution in [0.2, 0.25) is 5.21 Å². The molecule has 0 saturated heterocycles. The summed E-state index contributed by atoms with van der Waals surface area (Å²) in [5, 5.41) is 1.19. The van der Waals surface area contributed by atoms with Gasteiger partial charge >= 0.3 is 154 Å². The number of benzene rings is 3. The first-order valence-electron chi connectivity index (χ1n) is 8.60. The van der Waals surface area contributed by atoms with Crippen LogP contribution in [0, 0.1) is 0 Å². The molecule has 3 rings (SSSR count). The normalized spacial score (nSPS) is 13.2. The number of hydrogen-bond donors (Lipinski definition) is 0. The Morgan fingerprint density at radius 3 is 1.25 bits per heavy atom. The zero-order chi connectivity index (χ0) is 16.9. The van der Waals surface area contributed by atoms with Gasteiger partial charge in [0.2, 0.25) is 0 Å². The summed E-state index contributed by atoms with van der Waals surface area (Å²) in [4.78, 5) is 0. The van der Waals surface area contributed by atoms with Crippen LogP contribution in [0.25, 0.3) is 0 Å². The summed E-state index contributed by atoms with van der Waals surface area (Å²) in [6.45, 7) is 2.28. The van der Waals surface area contributed by atoms with Gasteiger partial charge in [0.15, 0.2) is 0 Å². The Labute approximate surface area is 153 Å². The van der Waals surface area contributed by atoms with Crippen molar-refractivity contribution < 1.29 is 0 Å². The first-order chi connectivity index (χ1) is 11.7. The van der Waals surface area contributed by atoms with Gasteiger partial charge in [-0.1, -0.05) is 0 Å². The molecule has 0 atom stereocenters. The van der Waals surface area contributed by atoms with Gasteiger partial charge in [-0.3, -0.25) is 0 Å². The van der Waals surface area contributed by atoms with Crippen molar-refractivity contribution in [1.82, 2.24) is 0 Å². The van der Waals surface area contributed by atoms with E-state index in [0.717, 1.165) is 0 Å². The van der Waals surface area contributed by atoms with Crippen molar-refractivity contribution in [2.24, 2.45) is 0 Å². The Balaban J connectivity index is 2.37. The molecule has 0 fully saturated rings. The number of hydrogen-bond acceptors (Lipinski definition) is 0. The summed E-state index contributed by atoms with van der Waals surface area (Å²) in [6.07, 6.45) is 2.42. The van der Waals surface area contributed by atoms with Gasteiger partial charge < -0.3 is 0 Å². The van der Waals surface area contributed by atoms with Gasteiger partial charge in [0, 0.05) is 0 Å². The van der Waals surface area contributed by atoms with Gasteiger partial charge in [-0.25, -0.2) is 0 Å². The molecule has 0 spiro atoms. The van der Waals surface area contributed by atoms with Crippen LogP contribution in [0.3, 0.4) is 0 Å². The minimum absolute atomic E-state index is 1.19. The molecular weight excluding hydrogens is 419 g/mol. The monoisotopic (exact) mass is 442 g/mol. The predicted octanol–water partition coefficient (Wildman–Crippen LogP) is 4.80. The standard InChI is InChI=1S/C22H24AsBr/c1-2-3-19-23(24,20-13-7-4-8-14-20,21-15-9-5-10-16-21)22-17-11-6-12-18-22/h4-18H,2-3,19H2,1H3. The first-order valence-corrected chi connectivity index (χ1v) is 17.1. The zero-order valence-corrected chi connectivity index (χ0v) is 17.6. The topological polar surface area (TPSA) is 0 Å². The third-order valence-electron chi connectivity index (χ3n) is 4.82. The van der Waals surface area contributed by atoms with Gasteiger partial charge in [-0.15, -0.1) is 0 Å². The second kappa shape index (κ2) is 7.29. The van der Waals surface area contributed by atoms with E-state index >= 15 is 0 Å². The van der Waals surface area contributed by atoms with Crippen LogP contribution in [-0.2, 0) is 0 Å². The van der Waals surface area contributed by atoms with E-state index in [9.17, 15) is 0 Å². The van der Waals surface area contributed by atoms with E-state index in [1.165, 1.54) is 31.1 Å². The van der Waals surface area contributed by atoms with E-state index in [0.29, 0.717) is 0 Å². The molecule has 0 unspecified atom stereocenters. The Hall–Kier alpha value is -1.30. The molecule has 0 aliphatic rings. The average Bonchev–Trinajstić information content (AvgIpc) is 2.68. The van der Waals surface area contributed by atoms with Crippen molar-refractivity contribution in [3.63, 3.8) is 0 Å². The summed E-state index contributed by atoms with van der Waals surface area (Å²) in [7, 11) is -3.34. The third kappa shape index (κ3) is 2.89. The summed E-state index contributed by atoms with van der Waals surface area (Å²) >= 11 is 4.50. The van der Waals surface area contributed by atoms with Gasteiger partial charge in [-0.05, 0) is 0 Å². The van der Waals surface area contributed by atoms with Crippen LogP contribution >= 0.6 is 13.9 Å². The van der Waals surface area contributed by atoms with E-state index in [1.54, 1.807) is 0 Å². The van der Waals surface area contributed by atoms with Gasteiger partial charge in [0.25, 0.3) is 0 Å². The zero-order valence-electron chi connectivity index (χ0n) is 14.1. The molecule has 3 aromatic rings. The third-order valence-corrected chi connectivity index (χ3v) is 24.1. The van der Waals surface area contributed by atoms with Crippen molar-refractivity contribution >= 4 is 37.6 Å². The van der Waals surface area contributed by atoms with Crippen LogP contribution < -0.4 is 13.1 Å². The molecule has 0 saturated carbocycles. The molecule has 0 heterocycles. The second-order valence-corrected chi connectivity index (χ2v) is 23.6. The quantitative estimate of drug-likeness (QED) is 0.481. The molecule has 2 heteroatoms. The van der Waals surface area contributed by atoms with E-state index in [-0.39, 0.29) is 0 Å². The summed E-state index contributed by atoms with van der Waals surface area (Å²) in [5.74, 6) is 0. The fourth-order valence-electron chi connectivity index (χ4n) is 3.51. The Morgan fingerprint density at radius 2 is 0.958 bits per heavy atom. The van der Waals surface area contributed by atoms with Crippen LogP contribution in [0.1, 0.15) is 19.8 Å². The van der Waals surface area contributed by atoms with Crippen molar-refractivity contribution in [3.05, 3.63) is 91.0 Å². The molecule has 0 aromatic heterocycles. The Bertz CT molecular complexity index is 669. The van der Waals surface area contributed by atoms with Crippen molar-refractivity contribution in [1.29, 1.82) is 0 Å². The first kappa shape index (κ1) is 17.5. The van der Waals surface area contributed by atoms with Gasteiger partial charge in [0.05, 0.1) is 0 Å². The molecule has 0 amide bonds. The molecule has 24 heavy (non-hydrogen) atoms. The van der Waals surface area contributed by atoms with Crippen LogP contribution in [0.15, 0.2) is 91.0 Å². The van der Waals surface area contributed by atoms with Crippen molar-refractivity contribution in [2.45, 2.75) is 25.0 Å². The van der Waals surface area contributed by atoms with Crippen LogP contribution in [-0.4, -0.2) is 10.6 Å². The fraction of sp³-hybridized carbons (Fsp3) is 0.182. The summed E-state index contributed by atoms with van der Waals surface area (Å²) in [6, 6.07) is 33.3. The number of halogens is 1. The molecule has 124 valence electrons. The number of rotatable bonds is 6. The molecular formula is C22H24AsBr. The summed E-state index contributed by atoms with van der Waals surface area (Å²) in [5.41, 5.74) is 0. The maximum absolute atomic E-state index is 4.50. The molecule has 0 nitrogen and oxygen atoms in total. The summed E-state index contributed by atoms with van der Waals surface area (Å²) < 4.78 is 4.38. The molecule has 0 aliphatic carbocycles. The Morgan fingerprint density at radius 1 is 0.625 bits per heavy atom. The van der Waals surface area contributed by atoms with Gasteiger partial charge in [0.1, 0.15) is 0 Å². The van der Waals surface area contributed by atoms with E-state index < -0.39 is 10.6 Å². The molecule has 0 bridgehead atoms. The molecule has 0 aliphatic heterocycles. The number of unbranched alkanes of at least 4 members (excludes halogenated alkanes) is 1. The SMILES string of the molecule is CCCC[As](Br)(c1ccccc1)(c1ccccc1)c1ccccc1. The molecule has 0 radical (unpaired) electrons.